The minimum atomic E-state index is -0.553. The highest BCUT2D eigenvalue weighted by Crippen LogP contribution is 2.44. The minimum Gasteiger partial charge on any atom is -0.446 e. The Bertz CT molecular complexity index is 1320. The minimum absolute atomic E-state index is 0.0812. The third kappa shape index (κ3) is 5.86. The van der Waals surface area contributed by atoms with E-state index in [1.165, 1.54) is 6.07 Å². The Hall–Kier alpha value is -3.78. The quantitative estimate of drug-likeness (QED) is 0.371. The normalized spacial score (nSPS) is 19.9. The van der Waals surface area contributed by atoms with E-state index in [1.807, 2.05) is 42.5 Å². The SMILES string of the molecule is CNC(=O)OC1CCC(CC(=O)Nc2cnc(-c3ccc(C4(N)CC4)c(F)c3)c(-c3ccccc3)c2)CC1. The first-order chi connectivity index (χ1) is 18.3. The maximum absolute atomic E-state index is 15.0. The number of carbonyl (C=O) groups is 2. The van der Waals surface area contributed by atoms with Crippen molar-refractivity contribution in [2.75, 3.05) is 12.4 Å². The van der Waals surface area contributed by atoms with Crippen molar-refractivity contribution in [3.05, 3.63) is 72.2 Å². The van der Waals surface area contributed by atoms with Gasteiger partial charge in [-0.1, -0.05) is 42.5 Å². The van der Waals surface area contributed by atoms with Crippen molar-refractivity contribution in [3.63, 3.8) is 0 Å². The number of nitrogens with zero attached hydrogens (tertiary/aromatic N) is 1. The summed E-state index contributed by atoms with van der Waals surface area (Å²) in [5, 5.41) is 5.46. The van der Waals surface area contributed by atoms with E-state index < -0.39 is 11.6 Å². The molecule has 1 heterocycles. The summed E-state index contributed by atoms with van der Waals surface area (Å²) in [6.45, 7) is 0. The maximum atomic E-state index is 15.0. The number of ether oxygens (including phenoxy) is 1. The van der Waals surface area contributed by atoms with Crippen molar-refractivity contribution in [3.8, 4) is 22.4 Å². The van der Waals surface area contributed by atoms with E-state index >= 15 is 0 Å². The van der Waals surface area contributed by atoms with E-state index in [4.69, 9.17) is 10.5 Å². The highest BCUT2D eigenvalue weighted by atomic mass is 19.1. The van der Waals surface area contributed by atoms with Crippen molar-refractivity contribution in [1.82, 2.24) is 10.3 Å². The summed E-state index contributed by atoms with van der Waals surface area (Å²) in [7, 11) is 1.54. The number of aromatic nitrogens is 1. The molecule has 2 saturated carbocycles. The zero-order valence-corrected chi connectivity index (χ0v) is 21.5. The van der Waals surface area contributed by atoms with Gasteiger partial charge >= 0.3 is 6.09 Å². The monoisotopic (exact) mass is 516 g/mol. The van der Waals surface area contributed by atoms with E-state index in [9.17, 15) is 14.0 Å². The van der Waals surface area contributed by atoms with E-state index in [1.54, 1.807) is 19.3 Å². The number of pyridine rings is 1. The summed E-state index contributed by atoms with van der Waals surface area (Å²) >= 11 is 0. The van der Waals surface area contributed by atoms with Crippen LogP contribution in [-0.2, 0) is 15.1 Å². The lowest BCUT2D eigenvalue weighted by Crippen LogP contribution is -2.30. The van der Waals surface area contributed by atoms with Gasteiger partial charge in [0, 0.05) is 35.7 Å². The molecule has 0 aliphatic heterocycles. The summed E-state index contributed by atoms with van der Waals surface area (Å²) < 4.78 is 20.3. The van der Waals surface area contributed by atoms with Crippen LogP contribution in [0.3, 0.4) is 0 Å². The second-order valence-electron chi connectivity index (χ2n) is 10.4. The molecule has 2 aliphatic rings. The van der Waals surface area contributed by atoms with Crippen LogP contribution >= 0.6 is 0 Å². The second kappa shape index (κ2) is 10.9. The Morgan fingerprint density at radius 1 is 1.05 bits per heavy atom. The van der Waals surface area contributed by atoms with Crippen molar-refractivity contribution in [1.29, 1.82) is 0 Å². The zero-order valence-electron chi connectivity index (χ0n) is 21.5. The van der Waals surface area contributed by atoms with Crippen LogP contribution in [-0.4, -0.2) is 30.1 Å². The van der Waals surface area contributed by atoms with Gasteiger partial charge in [-0.15, -0.1) is 0 Å². The van der Waals surface area contributed by atoms with Gasteiger partial charge in [-0.25, -0.2) is 9.18 Å². The van der Waals surface area contributed by atoms with Crippen LogP contribution in [0, 0.1) is 11.7 Å². The first-order valence-corrected chi connectivity index (χ1v) is 13.2. The Labute approximate surface area is 222 Å². The number of nitrogens with one attached hydrogen (secondary N) is 2. The molecule has 0 spiro atoms. The lowest BCUT2D eigenvalue weighted by Gasteiger charge is -2.27. The van der Waals surface area contributed by atoms with E-state index in [0.29, 0.717) is 28.9 Å². The van der Waals surface area contributed by atoms with Gasteiger partial charge in [0.15, 0.2) is 0 Å². The predicted octanol–water partition coefficient (Wildman–Crippen LogP) is 5.75. The number of anilines is 1. The fourth-order valence-electron chi connectivity index (χ4n) is 5.21. The van der Waals surface area contributed by atoms with Crippen LogP contribution in [0.25, 0.3) is 22.4 Å². The molecule has 0 radical (unpaired) electrons. The maximum Gasteiger partial charge on any atom is 0.407 e. The Morgan fingerprint density at radius 2 is 1.79 bits per heavy atom. The van der Waals surface area contributed by atoms with Crippen molar-refractivity contribution >= 4 is 17.7 Å². The lowest BCUT2D eigenvalue weighted by molar-refractivity contribution is -0.117. The van der Waals surface area contributed by atoms with E-state index in [0.717, 1.165) is 49.7 Å². The molecule has 4 N–H and O–H groups in total. The molecule has 5 rings (SSSR count). The molecule has 2 amide bonds. The molecule has 7 nitrogen and oxygen atoms in total. The van der Waals surface area contributed by atoms with Crippen molar-refractivity contribution in [2.24, 2.45) is 11.7 Å². The molecule has 38 heavy (non-hydrogen) atoms. The third-order valence-corrected chi connectivity index (χ3v) is 7.57. The molecule has 2 aliphatic carbocycles. The van der Waals surface area contributed by atoms with Gasteiger partial charge in [-0.3, -0.25) is 9.78 Å². The van der Waals surface area contributed by atoms with Gasteiger partial charge in [-0.05, 0) is 62.1 Å². The molecule has 0 atom stereocenters. The Morgan fingerprint density at radius 3 is 2.45 bits per heavy atom. The van der Waals surface area contributed by atoms with Gasteiger partial charge in [0.05, 0.1) is 17.6 Å². The predicted molar refractivity (Wildman–Crippen MR) is 145 cm³/mol. The van der Waals surface area contributed by atoms with E-state index in [2.05, 4.69) is 15.6 Å². The first-order valence-electron chi connectivity index (χ1n) is 13.2. The second-order valence-corrected chi connectivity index (χ2v) is 10.4. The first kappa shape index (κ1) is 25.9. The Kier molecular flexibility index (Phi) is 7.42. The molecule has 0 saturated heterocycles. The summed E-state index contributed by atoms with van der Waals surface area (Å²) in [6.07, 6.45) is 6.22. The molecular formula is C30H33FN4O3. The topological polar surface area (TPSA) is 106 Å². The van der Waals surface area contributed by atoms with Crippen LogP contribution in [0.5, 0.6) is 0 Å². The average Bonchev–Trinajstić information content (AvgIpc) is 3.68. The standard InChI is InChI=1S/C30H33FN4O3/c1-33-29(37)38-23-10-7-19(8-11-23)15-27(36)35-22-17-24(20-5-3-2-4-6-20)28(34-18-22)21-9-12-25(26(31)16-21)30(32)13-14-30/h2-6,9,12,16-19,23H,7-8,10-11,13-15,32H2,1H3,(H,33,37)(H,35,36). The summed E-state index contributed by atoms with van der Waals surface area (Å²) in [5.41, 5.74) is 9.81. The summed E-state index contributed by atoms with van der Waals surface area (Å²) in [6, 6.07) is 16.8. The summed E-state index contributed by atoms with van der Waals surface area (Å²) in [5.74, 6) is -0.169. The third-order valence-electron chi connectivity index (χ3n) is 7.57. The number of amides is 2. The number of nitrogens with two attached hydrogens (primary N) is 1. The smallest absolute Gasteiger partial charge is 0.407 e. The molecule has 2 aromatic carbocycles. The van der Waals surface area contributed by atoms with Crippen LogP contribution < -0.4 is 16.4 Å². The summed E-state index contributed by atoms with van der Waals surface area (Å²) in [4.78, 5) is 29.0. The number of carbonyl (C=O) groups excluding carboxylic acids is 2. The fraction of sp³-hybridized carbons (Fsp3) is 0.367. The molecule has 0 bridgehead atoms. The largest absolute Gasteiger partial charge is 0.446 e. The van der Waals surface area contributed by atoms with Crippen LogP contribution in [0.2, 0.25) is 0 Å². The van der Waals surface area contributed by atoms with Crippen LogP contribution in [0.4, 0.5) is 14.9 Å². The van der Waals surface area contributed by atoms with Crippen LogP contribution in [0.1, 0.15) is 50.5 Å². The van der Waals surface area contributed by atoms with Gasteiger partial charge < -0.3 is 21.1 Å². The van der Waals surface area contributed by atoms with E-state index in [-0.39, 0.29) is 23.7 Å². The molecule has 8 heteroatoms. The van der Waals surface area contributed by atoms with Gasteiger partial charge in [0.1, 0.15) is 11.9 Å². The molecule has 3 aromatic rings. The number of rotatable bonds is 7. The van der Waals surface area contributed by atoms with Crippen molar-refractivity contribution in [2.45, 2.75) is 56.6 Å². The fourth-order valence-corrected chi connectivity index (χ4v) is 5.21. The van der Waals surface area contributed by atoms with Gasteiger partial charge in [0.2, 0.25) is 5.91 Å². The highest BCUT2D eigenvalue weighted by Gasteiger charge is 2.42. The molecule has 1 aromatic heterocycles. The average molecular weight is 517 g/mol. The number of alkyl carbamates (subject to hydrolysis) is 1. The zero-order chi connectivity index (χ0) is 26.7. The highest BCUT2D eigenvalue weighted by molar-refractivity contribution is 5.93. The number of hydrogen-bond acceptors (Lipinski definition) is 5. The van der Waals surface area contributed by atoms with Crippen molar-refractivity contribution < 1.29 is 18.7 Å². The number of halogens is 1. The molecule has 2 fully saturated rings. The molecule has 0 unspecified atom stereocenters. The van der Waals surface area contributed by atoms with Crippen LogP contribution in [0.15, 0.2) is 60.8 Å². The number of benzene rings is 2. The Balaban J connectivity index is 1.31. The van der Waals surface area contributed by atoms with Gasteiger partial charge in [0.25, 0.3) is 0 Å². The molecular weight excluding hydrogens is 483 g/mol. The van der Waals surface area contributed by atoms with Gasteiger partial charge in [-0.2, -0.15) is 0 Å². The molecule has 198 valence electrons. The lowest BCUT2D eigenvalue weighted by atomic mass is 9.85. The number of hydrogen-bond donors (Lipinski definition) is 3.